The molecule has 1 saturated heterocycles. The fraction of sp³-hybridized carbons (Fsp3) is 0.417. The summed E-state index contributed by atoms with van der Waals surface area (Å²) in [5.74, 6) is -1.78. The van der Waals surface area contributed by atoms with Crippen LogP contribution in [0.25, 0.3) is 0 Å². The number of hydrogen-bond donors (Lipinski definition) is 1. The minimum absolute atomic E-state index is 0.242. The van der Waals surface area contributed by atoms with Crippen molar-refractivity contribution >= 4 is 29.2 Å². The Balaban J connectivity index is 2.54. The summed E-state index contributed by atoms with van der Waals surface area (Å²) in [6.07, 6.45) is 0. The highest BCUT2D eigenvalue weighted by atomic mass is 35.5. The van der Waals surface area contributed by atoms with Gasteiger partial charge in [0.15, 0.2) is 0 Å². The molecule has 2 rings (SSSR count). The molecule has 1 atom stereocenters. The normalized spacial score (nSPS) is 26.2. The van der Waals surface area contributed by atoms with E-state index in [9.17, 15) is 9.90 Å². The second-order valence-corrected chi connectivity index (χ2v) is 5.34. The fourth-order valence-electron chi connectivity index (χ4n) is 1.95. The van der Waals surface area contributed by atoms with Gasteiger partial charge in [-0.15, -0.1) is 0 Å². The number of esters is 1. The van der Waals surface area contributed by atoms with Gasteiger partial charge in [0, 0.05) is 29.5 Å². The van der Waals surface area contributed by atoms with E-state index >= 15 is 0 Å². The number of ether oxygens (including phenoxy) is 2. The van der Waals surface area contributed by atoms with E-state index in [4.69, 9.17) is 32.7 Å². The predicted molar refractivity (Wildman–Crippen MR) is 66.5 cm³/mol. The van der Waals surface area contributed by atoms with Crippen molar-refractivity contribution in [2.45, 2.75) is 25.2 Å². The molecule has 0 amide bonds. The van der Waals surface area contributed by atoms with Crippen molar-refractivity contribution < 1.29 is 19.4 Å². The van der Waals surface area contributed by atoms with Gasteiger partial charge in [0.1, 0.15) is 0 Å². The SMILES string of the molecule is CC1(C)OC(=O)C(CO)(c2ccc(Cl)cc2Cl)O1. The van der Waals surface area contributed by atoms with Gasteiger partial charge >= 0.3 is 5.97 Å². The second-order valence-electron chi connectivity index (χ2n) is 4.50. The summed E-state index contributed by atoms with van der Waals surface area (Å²) in [5.41, 5.74) is -1.25. The minimum atomic E-state index is -1.59. The first-order valence-electron chi connectivity index (χ1n) is 5.31. The van der Waals surface area contributed by atoms with Crippen LogP contribution in [0.4, 0.5) is 0 Å². The second kappa shape index (κ2) is 4.38. The van der Waals surface area contributed by atoms with Gasteiger partial charge in [-0.25, -0.2) is 4.79 Å². The van der Waals surface area contributed by atoms with Crippen molar-refractivity contribution in [1.82, 2.24) is 0 Å². The minimum Gasteiger partial charge on any atom is -0.431 e. The smallest absolute Gasteiger partial charge is 0.348 e. The van der Waals surface area contributed by atoms with Crippen LogP contribution in [0.1, 0.15) is 19.4 Å². The molecule has 0 saturated carbocycles. The Hall–Kier alpha value is -0.810. The van der Waals surface area contributed by atoms with Gasteiger partial charge in [-0.3, -0.25) is 0 Å². The quantitative estimate of drug-likeness (QED) is 0.851. The topological polar surface area (TPSA) is 55.8 Å². The van der Waals surface area contributed by atoms with Crippen molar-refractivity contribution in [3.8, 4) is 0 Å². The van der Waals surface area contributed by atoms with E-state index < -0.39 is 24.0 Å². The van der Waals surface area contributed by atoms with Gasteiger partial charge in [-0.1, -0.05) is 29.3 Å². The van der Waals surface area contributed by atoms with Crippen LogP contribution in [-0.4, -0.2) is 23.5 Å². The van der Waals surface area contributed by atoms with Gasteiger partial charge < -0.3 is 14.6 Å². The Morgan fingerprint density at radius 2 is 2.00 bits per heavy atom. The molecule has 18 heavy (non-hydrogen) atoms. The zero-order valence-electron chi connectivity index (χ0n) is 9.87. The maximum absolute atomic E-state index is 12.0. The van der Waals surface area contributed by atoms with Crippen molar-refractivity contribution in [3.63, 3.8) is 0 Å². The Bertz CT molecular complexity index is 501. The van der Waals surface area contributed by atoms with E-state index in [0.29, 0.717) is 10.6 Å². The van der Waals surface area contributed by atoms with Crippen molar-refractivity contribution in [3.05, 3.63) is 33.8 Å². The molecule has 1 N–H and O–H groups in total. The first-order valence-corrected chi connectivity index (χ1v) is 6.06. The van der Waals surface area contributed by atoms with Crippen LogP contribution >= 0.6 is 23.2 Å². The highest BCUT2D eigenvalue weighted by Crippen LogP contribution is 2.42. The average Bonchev–Trinajstić information content (AvgIpc) is 2.49. The summed E-state index contributed by atoms with van der Waals surface area (Å²) in [4.78, 5) is 12.0. The molecule has 98 valence electrons. The van der Waals surface area contributed by atoms with E-state index in [-0.39, 0.29) is 5.02 Å². The first-order chi connectivity index (χ1) is 8.31. The largest absolute Gasteiger partial charge is 0.431 e. The van der Waals surface area contributed by atoms with Gasteiger partial charge in [0.2, 0.25) is 11.4 Å². The molecular weight excluding hydrogens is 279 g/mol. The number of aliphatic hydroxyl groups is 1. The summed E-state index contributed by atoms with van der Waals surface area (Å²) < 4.78 is 10.6. The summed E-state index contributed by atoms with van der Waals surface area (Å²) in [7, 11) is 0. The molecular formula is C12H12Cl2O4. The molecule has 1 aromatic carbocycles. The lowest BCUT2D eigenvalue weighted by Crippen LogP contribution is -2.38. The van der Waals surface area contributed by atoms with Crippen molar-refractivity contribution in [2.75, 3.05) is 6.61 Å². The van der Waals surface area contributed by atoms with E-state index in [1.807, 2.05) is 0 Å². The number of rotatable bonds is 2. The number of benzene rings is 1. The number of hydrogen-bond acceptors (Lipinski definition) is 4. The molecule has 0 radical (unpaired) electrons. The molecule has 1 aliphatic heterocycles. The van der Waals surface area contributed by atoms with Crippen LogP contribution < -0.4 is 0 Å². The molecule has 1 unspecified atom stereocenters. The number of carbonyl (C=O) groups is 1. The van der Waals surface area contributed by atoms with Crippen LogP contribution in [-0.2, 0) is 19.9 Å². The molecule has 0 aliphatic carbocycles. The van der Waals surface area contributed by atoms with E-state index in [1.165, 1.54) is 6.07 Å². The van der Waals surface area contributed by atoms with E-state index in [1.54, 1.807) is 26.0 Å². The standard InChI is InChI=1S/C12H12Cl2O4/c1-11(2)17-10(16)12(6-15,18-11)8-4-3-7(13)5-9(8)14/h3-5,15H,6H2,1-2H3. The lowest BCUT2D eigenvalue weighted by Gasteiger charge is -2.25. The molecule has 4 nitrogen and oxygen atoms in total. The van der Waals surface area contributed by atoms with Gasteiger partial charge in [-0.05, 0) is 12.1 Å². The molecule has 0 bridgehead atoms. The lowest BCUT2D eigenvalue weighted by atomic mass is 9.95. The summed E-state index contributed by atoms with van der Waals surface area (Å²) in [5, 5.41) is 10.2. The number of halogens is 2. The molecule has 0 spiro atoms. The van der Waals surface area contributed by atoms with Crippen molar-refractivity contribution in [1.29, 1.82) is 0 Å². The molecule has 6 heteroatoms. The van der Waals surface area contributed by atoms with E-state index in [0.717, 1.165) is 0 Å². The summed E-state index contributed by atoms with van der Waals surface area (Å²) in [6.45, 7) is 2.62. The Labute approximate surface area is 114 Å². The number of carbonyl (C=O) groups excluding carboxylic acids is 1. The maximum Gasteiger partial charge on any atom is 0.348 e. The molecule has 0 aromatic heterocycles. The lowest BCUT2D eigenvalue weighted by molar-refractivity contribution is -0.173. The van der Waals surface area contributed by atoms with Gasteiger partial charge in [0.05, 0.1) is 6.61 Å². The molecule has 1 aliphatic rings. The Morgan fingerprint density at radius 1 is 1.33 bits per heavy atom. The highest BCUT2D eigenvalue weighted by molar-refractivity contribution is 6.35. The average molecular weight is 291 g/mol. The Morgan fingerprint density at radius 3 is 2.44 bits per heavy atom. The first kappa shape index (κ1) is 13.6. The van der Waals surface area contributed by atoms with Crippen LogP contribution in [0.3, 0.4) is 0 Å². The van der Waals surface area contributed by atoms with Gasteiger partial charge in [0.25, 0.3) is 0 Å². The fourth-order valence-corrected chi connectivity index (χ4v) is 2.51. The third-order valence-corrected chi connectivity index (χ3v) is 3.22. The number of aliphatic hydroxyl groups excluding tert-OH is 1. The van der Waals surface area contributed by atoms with E-state index in [2.05, 4.69) is 0 Å². The van der Waals surface area contributed by atoms with Crippen molar-refractivity contribution in [2.24, 2.45) is 0 Å². The molecule has 1 aromatic rings. The third kappa shape index (κ3) is 2.10. The Kier molecular flexibility index (Phi) is 3.32. The maximum atomic E-state index is 12.0. The monoisotopic (exact) mass is 290 g/mol. The van der Waals surface area contributed by atoms with Crippen LogP contribution in [0, 0.1) is 0 Å². The summed E-state index contributed by atoms with van der Waals surface area (Å²) in [6, 6.07) is 4.60. The zero-order chi connectivity index (χ0) is 13.6. The third-order valence-electron chi connectivity index (χ3n) is 2.68. The van der Waals surface area contributed by atoms with Crippen LogP contribution in [0.2, 0.25) is 10.0 Å². The zero-order valence-corrected chi connectivity index (χ0v) is 11.4. The van der Waals surface area contributed by atoms with Crippen LogP contribution in [0.5, 0.6) is 0 Å². The molecule has 1 fully saturated rings. The number of cyclic esters (lactones) is 1. The summed E-state index contributed by atoms with van der Waals surface area (Å²) >= 11 is 11.9. The highest BCUT2D eigenvalue weighted by Gasteiger charge is 2.55. The predicted octanol–water partition coefficient (Wildman–Crippen LogP) is 2.49. The van der Waals surface area contributed by atoms with Crippen LogP contribution in [0.15, 0.2) is 18.2 Å². The molecule has 1 heterocycles. The van der Waals surface area contributed by atoms with Gasteiger partial charge in [-0.2, -0.15) is 0 Å².